The average molecular weight is 285 g/mol. The van der Waals surface area contributed by atoms with E-state index in [0.29, 0.717) is 13.2 Å². The maximum Gasteiger partial charge on any atom is 0.175 e. The van der Waals surface area contributed by atoms with Crippen LogP contribution in [0.1, 0.15) is 24.0 Å². The molecule has 0 radical (unpaired) electrons. The van der Waals surface area contributed by atoms with Gasteiger partial charge >= 0.3 is 0 Å². The number of hydrogen-bond acceptors (Lipinski definition) is 3. The molecule has 1 N–H and O–H groups in total. The van der Waals surface area contributed by atoms with Crippen LogP contribution in [0.5, 0.6) is 11.5 Å². The summed E-state index contributed by atoms with van der Waals surface area (Å²) in [5.74, 6) is 1.50. The predicted molar refractivity (Wildman–Crippen MR) is 63.0 cm³/mol. The molecule has 0 amide bonds. The van der Waals surface area contributed by atoms with Crippen molar-refractivity contribution < 1.29 is 14.6 Å². The van der Waals surface area contributed by atoms with Gasteiger partial charge in [-0.05, 0) is 52.9 Å². The Morgan fingerprint density at radius 2 is 2.00 bits per heavy atom. The van der Waals surface area contributed by atoms with Crippen molar-refractivity contribution in [2.24, 2.45) is 0 Å². The van der Waals surface area contributed by atoms with Crippen LogP contribution in [0.15, 0.2) is 10.5 Å². The van der Waals surface area contributed by atoms with E-state index in [9.17, 15) is 5.11 Å². The van der Waals surface area contributed by atoms with Gasteiger partial charge in [-0.1, -0.05) is 0 Å². The van der Waals surface area contributed by atoms with E-state index in [-0.39, 0.29) is 0 Å². The summed E-state index contributed by atoms with van der Waals surface area (Å²) in [6, 6.07) is 1.92. The van der Waals surface area contributed by atoms with Gasteiger partial charge in [-0.3, -0.25) is 0 Å². The van der Waals surface area contributed by atoms with Crippen molar-refractivity contribution in [3.8, 4) is 11.5 Å². The first-order chi connectivity index (χ1) is 7.62. The van der Waals surface area contributed by atoms with Gasteiger partial charge in [0.2, 0.25) is 0 Å². The molecule has 1 aromatic rings. The Morgan fingerprint density at radius 3 is 2.69 bits per heavy atom. The van der Waals surface area contributed by atoms with Gasteiger partial charge in [0.05, 0.1) is 10.1 Å². The first kappa shape index (κ1) is 10.4. The minimum atomic E-state index is -0.636. The van der Waals surface area contributed by atoms with Gasteiger partial charge in [0.25, 0.3) is 0 Å². The molecule has 86 valence electrons. The van der Waals surface area contributed by atoms with E-state index in [1.165, 1.54) is 0 Å². The lowest BCUT2D eigenvalue weighted by atomic mass is 10.0. The molecule has 4 heteroatoms. The van der Waals surface area contributed by atoms with Crippen molar-refractivity contribution in [3.63, 3.8) is 0 Å². The molecule has 1 heterocycles. The van der Waals surface area contributed by atoms with Crippen LogP contribution in [0.2, 0.25) is 0 Å². The molecule has 2 aliphatic rings. The highest BCUT2D eigenvalue weighted by Gasteiger charge is 2.44. The van der Waals surface area contributed by atoms with Crippen LogP contribution in [-0.2, 0) is 5.60 Å². The minimum absolute atomic E-state index is 0.570. The molecule has 1 fully saturated rings. The third kappa shape index (κ3) is 1.44. The molecule has 1 aliphatic heterocycles. The van der Waals surface area contributed by atoms with Gasteiger partial charge in [-0.25, -0.2) is 0 Å². The van der Waals surface area contributed by atoms with E-state index in [1.54, 1.807) is 0 Å². The largest absolute Gasteiger partial charge is 0.486 e. The molecule has 0 unspecified atom stereocenters. The van der Waals surface area contributed by atoms with Gasteiger partial charge in [-0.2, -0.15) is 0 Å². The van der Waals surface area contributed by atoms with E-state index in [2.05, 4.69) is 15.9 Å². The molecular formula is C12H13BrO3. The summed E-state index contributed by atoms with van der Waals surface area (Å²) in [7, 11) is 0. The molecule has 1 aliphatic carbocycles. The van der Waals surface area contributed by atoms with Crippen LogP contribution < -0.4 is 9.47 Å². The highest BCUT2D eigenvalue weighted by atomic mass is 79.9. The van der Waals surface area contributed by atoms with Gasteiger partial charge in [0.1, 0.15) is 13.2 Å². The zero-order valence-corrected chi connectivity index (χ0v) is 10.6. The molecule has 0 aromatic heterocycles. The van der Waals surface area contributed by atoms with Crippen molar-refractivity contribution in [3.05, 3.63) is 21.7 Å². The Labute approximate surface area is 102 Å². The topological polar surface area (TPSA) is 38.7 Å². The summed E-state index contributed by atoms with van der Waals surface area (Å²) in [6.07, 6.45) is 1.67. The van der Waals surface area contributed by atoms with Crippen LogP contribution in [0.3, 0.4) is 0 Å². The second-order valence-corrected chi connectivity index (χ2v) is 5.21. The number of halogens is 1. The summed E-state index contributed by atoms with van der Waals surface area (Å²) in [5.41, 5.74) is 1.37. The predicted octanol–water partition coefficient (Wildman–Crippen LogP) is 2.51. The van der Waals surface area contributed by atoms with E-state index in [0.717, 1.165) is 39.9 Å². The van der Waals surface area contributed by atoms with Gasteiger partial charge in [0, 0.05) is 0 Å². The maximum absolute atomic E-state index is 10.2. The monoisotopic (exact) mass is 284 g/mol. The third-order valence-electron chi connectivity index (χ3n) is 3.24. The fourth-order valence-electron chi connectivity index (χ4n) is 2.11. The van der Waals surface area contributed by atoms with Crippen LogP contribution >= 0.6 is 15.9 Å². The summed E-state index contributed by atoms with van der Waals surface area (Å²) < 4.78 is 12.0. The molecular weight excluding hydrogens is 272 g/mol. The highest BCUT2D eigenvalue weighted by Crippen LogP contribution is 2.51. The molecule has 3 nitrogen and oxygen atoms in total. The fraction of sp³-hybridized carbons (Fsp3) is 0.500. The first-order valence-electron chi connectivity index (χ1n) is 5.43. The lowest BCUT2D eigenvalue weighted by Gasteiger charge is -2.23. The van der Waals surface area contributed by atoms with E-state index >= 15 is 0 Å². The number of ether oxygens (including phenoxy) is 2. The molecule has 16 heavy (non-hydrogen) atoms. The quantitative estimate of drug-likeness (QED) is 0.861. The van der Waals surface area contributed by atoms with Crippen molar-refractivity contribution in [2.75, 3.05) is 13.2 Å². The van der Waals surface area contributed by atoms with E-state index in [1.807, 2.05) is 13.0 Å². The van der Waals surface area contributed by atoms with Crippen LogP contribution in [-0.4, -0.2) is 18.3 Å². The van der Waals surface area contributed by atoms with Crippen LogP contribution in [0.25, 0.3) is 0 Å². The summed E-state index contributed by atoms with van der Waals surface area (Å²) in [6.45, 7) is 3.14. The molecule has 1 saturated carbocycles. The number of aliphatic hydroxyl groups is 1. The highest BCUT2D eigenvalue weighted by molar-refractivity contribution is 9.10. The smallest absolute Gasteiger partial charge is 0.175 e. The molecule has 0 spiro atoms. The molecule has 3 rings (SSSR count). The molecule has 0 bridgehead atoms. The summed E-state index contributed by atoms with van der Waals surface area (Å²) in [4.78, 5) is 0. The normalized spacial score (nSPS) is 20.7. The first-order valence-corrected chi connectivity index (χ1v) is 6.23. The minimum Gasteiger partial charge on any atom is -0.486 e. The zero-order valence-electron chi connectivity index (χ0n) is 9.05. The zero-order chi connectivity index (χ0) is 11.3. The second-order valence-electron chi connectivity index (χ2n) is 4.42. The Morgan fingerprint density at radius 1 is 1.31 bits per heavy atom. The fourth-order valence-corrected chi connectivity index (χ4v) is 2.63. The standard InChI is InChI=1S/C12H13BrO3/c1-7-8(12(14)2-3-12)6-9-11(10(7)13)16-5-4-15-9/h6,14H,2-5H2,1H3. The van der Waals surface area contributed by atoms with Gasteiger partial charge < -0.3 is 14.6 Å². The SMILES string of the molecule is Cc1c(C2(O)CC2)cc2c(c1Br)OCCO2. The van der Waals surface area contributed by atoms with Gasteiger partial charge in [-0.15, -0.1) is 0 Å². The van der Waals surface area contributed by atoms with E-state index < -0.39 is 5.60 Å². The summed E-state index contributed by atoms with van der Waals surface area (Å²) >= 11 is 3.52. The molecule has 1 aromatic carbocycles. The number of rotatable bonds is 1. The number of benzene rings is 1. The van der Waals surface area contributed by atoms with Crippen molar-refractivity contribution in [1.82, 2.24) is 0 Å². The molecule has 0 atom stereocenters. The summed E-state index contributed by atoms with van der Waals surface area (Å²) in [5, 5.41) is 10.2. The van der Waals surface area contributed by atoms with Crippen LogP contribution in [0, 0.1) is 6.92 Å². The van der Waals surface area contributed by atoms with E-state index in [4.69, 9.17) is 9.47 Å². The average Bonchev–Trinajstić information content (AvgIpc) is 3.03. The Hall–Kier alpha value is -0.740. The van der Waals surface area contributed by atoms with Gasteiger partial charge in [0.15, 0.2) is 11.5 Å². The lowest BCUT2D eigenvalue weighted by molar-refractivity contribution is 0.146. The maximum atomic E-state index is 10.2. The molecule has 0 saturated heterocycles. The van der Waals surface area contributed by atoms with Crippen LogP contribution in [0.4, 0.5) is 0 Å². The Balaban J connectivity index is 2.17. The lowest BCUT2D eigenvalue weighted by Crippen LogP contribution is -2.18. The number of hydrogen-bond donors (Lipinski definition) is 1. The Kier molecular flexibility index (Phi) is 2.20. The number of fused-ring (bicyclic) bond motifs is 1. The van der Waals surface area contributed by atoms with Crippen molar-refractivity contribution >= 4 is 15.9 Å². The third-order valence-corrected chi connectivity index (χ3v) is 4.20. The second kappa shape index (κ2) is 3.37. The Bertz CT molecular complexity index is 452. The van der Waals surface area contributed by atoms with Crippen molar-refractivity contribution in [1.29, 1.82) is 0 Å². The van der Waals surface area contributed by atoms with Crippen molar-refractivity contribution in [2.45, 2.75) is 25.4 Å².